The van der Waals surface area contributed by atoms with Crippen LogP contribution >= 0.6 is 0 Å². The molecular weight excluding hydrogens is 152 g/mol. The van der Waals surface area contributed by atoms with Gasteiger partial charge in [0.1, 0.15) is 0 Å². The minimum Gasteiger partial charge on any atom is -0.396 e. The van der Waals surface area contributed by atoms with E-state index >= 15 is 0 Å². The van der Waals surface area contributed by atoms with Crippen molar-refractivity contribution in [3.05, 3.63) is 11.6 Å². The number of allylic oxidation sites excluding steroid dienone is 1. The van der Waals surface area contributed by atoms with Gasteiger partial charge in [-0.25, -0.2) is 0 Å². The van der Waals surface area contributed by atoms with Crippen molar-refractivity contribution in [2.45, 2.75) is 33.1 Å². The average molecular weight is 172 g/mol. The van der Waals surface area contributed by atoms with Crippen molar-refractivity contribution in [3.8, 4) is 0 Å². The second kappa shape index (κ2) is 7.32. The van der Waals surface area contributed by atoms with Crippen LogP contribution in [0.25, 0.3) is 0 Å². The molecule has 0 aliphatic heterocycles. The van der Waals surface area contributed by atoms with Crippen LogP contribution in [-0.2, 0) is 0 Å². The van der Waals surface area contributed by atoms with Crippen molar-refractivity contribution in [2.75, 3.05) is 13.2 Å². The van der Waals surface area contributed by atoms with Crippen molar-refractivity contribution in [1.29, 1.82) is 0 Å². The second-order valence-electron chi connectivity index (χ2n) is 3.39. The number of aliphatic hydroxyl groups is 2. The zero-order chi connectivity index (χ0) is 9.40. The van der Waals surface area contributed by atoms with Gasteiger partial charge in [0.15, 0.2) is 0 Å². The Balaban J connectivity index is 3.45. The van der Waals surface area contributed by atoms with E-state index in [0.29, 0.717) is 5.92 Å². The van der Waals surface area contributed by atoms with Gasteiger partial charge in [-0.05, 0) is 32.1 Å². The molecule has 0 spiro atoms. The fourth-order valence-corrected chi connectivity index (χ4v) is 0.984. The second-order valence-corrected chi connectivity index (χ2v) is 3.39. The summed E-state index contributed by atoms with van der Waals surface area (Å²) in [6.45, 7) is 4.57. The summed E-state index contributed by atoms with van der Waals surface area (Å²) in [5.74, 6) is 0.392. The third-order valence-corrected chi connectivity index (χ3v) is 1.97. The summed E-state index contributed by atoms with van der Waals surface area (Å²) >= 11 is 0. The Morgan fingerprint density at radius 3 is 2.58 bits per heavy atom. The molecule has 2 N–H and O–H groups in total. The van der Waals surface area contributed by atoms with Crippen molar-refractivity contribution >= 4 is 0 Å². The molecule has 0 radical (unpaired) electrons. The van der Waals surface area contributed by atoms with E-state index in [1.165, 1.54) is 5.57 Å². The van der Waals surface area contributed by atoms with E-state index in [2.05, 4.69) is 6.08 Å². The predicted molar refractivity (Wildman–Crippen MR) is 50.9 cm³/mol. The Morgan fingerprint density at radius 2 is 2.08 bits per heavy atom. The van der Waals surface area contributed by atoms with E-state index in [1.807, 2.05) is 13.8 Å². The smallest absolute Gasteiger partial charge is 0.0468 e. The molecule has 0 saturated heterocycles. The van der Waals surface area contributed by atoms with Gasteiger partial charge >= 0.3 is 0 Å². The summed E-state index contributed by atoms with van der Waals surface area (Å²) in [5.41, 5.74) is 1.24. The molecule has 72 valence electrons. The van der Waals surface area contributed by atoms with Crippen LogP contribution in [0, 0.1) is 5.92 Å². The molecular formula is C10H20O2. The molecule has 0 heterocycles. The van der Waals surface area contributed by atoms with Crippen LogP contribution in [0.1, 0.15) is 33.1 Å². The number of hydrogen-bond acceptors (Lipinski definition) is 2. The molecule has 0 fully saturated rings. The molecule has 0 aliphatic carbocycles. The highest BCUT2D eigenvalue weighted by Gasteiger charge is 1.97. The Morgan fingerprint density at radius 1 is 1.42 bits per heavy atom. The molecule has 0 amide bonds. The predicted octanol–water partition coefficient (Wildman–Crippen LogP) is 1.72. The van der Waals surface area contributed by atoms with Crippen molar-refractivity contribution in [1.82, 2.24) is 0 Å². The summed E-state index contributed by atoms with van der Waals surface area (Å²) in [4.78, 5) is 0. The molecule has 0 saturated carbocycles. The van der Waals surface area contributed by atoms with Crippen LogP contribution in [0.2, 0.25) is 0 Å². The highest BCUT2D eigenvalue weighted by molar-refractivity contribution is 4.97. The van der Waals surface area contributed by atoms with Crippen molar-refractivity contribution in [2.24, 2.45) is 5.92 Å². The first kappa shape index (κ1) is 11.7. The Kier molecular flexibility index (Phi) is 7.11. The first-order valence-corrected chi connectivity index (χ1v) is 4.58. The van der Waals surface area contributed by atoms with Crippen LogP contribution in [0.5, 0.6) is 0 Å². The summed E-state index contributed by atoms with van der Waals surface area (Å²) in [6.07, 6.45) is 4.95. The monoisotopic (exact) mass is 172 g/mol. The SMILES string of the molecule is CC(=CCCC(C)CO)CCO. The number of hydrogen-bond donors (Lipinski definition) is 2. The quantitative estimate of drug-likeness (QED) is 0.599. The van der Waals surface area contributed by atoms with Crippen LogP contribution < -0.4 is 0 Å². The maximum Gasteiger partial charge on any atom is 0.0468 e. The van der Waals surface area contributed by atoms with Gasteiger partial charge in [-0.3, -0.25) is 0 Å². The minimum absolute atomic E-state index is 0.234. The summed E-state index contributed by atoms with van der Waals surface area (Å²) in [6, 6.07) is 0. The molecule has 2 heteroatoms. The van der Waals surface area contributed by atoms with Gasteiger partial charge in [-0.1, -0.05) is 18.6 Å². The Hall–Kier alpha value is -0.340. The highest BCUT2D eigenvalue weighted by Crippen LogP contribution is 2.08. The fraction of sp³-hybridized carbons (Fsp3) is 0.800. The average Bonchev–Trinajstić information content (AvgIpc) is 2.04. The lowest BCUT2D eigenvalue weighted by atomic mass is 10.1. The third kappa shape index (κ3) is 6.38. The summed E-state index contributed by atoms with van der Waals surface area (Å²) in [5, 5.41) is 17.4. The van der Waals surface area contributed by atoms with E-state index in [9.17, 15) is 0 Å². The van der Waals surface area contributed by atoms with E-state index in [4.69, 9.17) is 10.2 Å². The molecule has 0 aromatic carbocycles. The maximum atomic E-state index is 8.74. The fourth-order valence-electron chi connectivity index (χ4n) is 0.984. The number of aliphatic hydroxyl groups excluding tert-OH is 2. The Labute approximate surface area is 74.9 Å². The van der Waals surface area contributed by atoms with Crippen molar-refractivity contribution < 1.29 is 10.2 Å². The van der Waals surface area contributed by atoms with Crippen molar-refractivity contribution in [3.63, 3.8) is 0 Å². The molecule has 12 heavy (non-hydrogen) atoms. The molecule has 1 atom stereocenters. The number of rotatable bonds is 6. The highest BCUT2D eigenvalue weighted by atomic mass is 16.3. The first-order valence-electron chi connectivity index (χ1n) is 4.58. The van der Waals surface area contributed by atoms with Gasteiger partial charge in [-0.15, -0.1) is 0 Å². The van der Waals surface area contributed by atoms with E-state index in [1.54, 1.807) is 0 Å². The van der Waals surface area contributed by atoms with Gasteiger partial charge in [0.2, 0.25) is 0 Å². The lowest BCUT2D eigenvalue weighted by Gasteiger charge is -2.04. The zero-order valence-electron chi connectivity index (χ0n) is 8.08. The third-order valence-electron chi connectivity index (χ3n) is 1.97. The van der Waals surface area contributed by atoms with Gasteiger partial charge in [0.05, 0.1) is 0 Å². The lowest BCUT2D eigenvalue weighted by molar-refractivity contribution is 0.231. The molecule has 2 nitrogen and oxygen atoms in total. The standard InChI is InChI=1S/C10H20O2/c1-9(6-7-11)4-3-5-10(2)8-12/h4,10-12H,3,5-8H2,1-2H3. The van der Waals surface area contributed by atoms with Crippen LogP contribution in [0.3, 0.4) is 0 Å². The molecule has 0 aliphatic rings. The van der Waals surface area contributed by atoms with Crippen LogP contribution in [-0.4, -0.2) is 23.4 Å². The van der Waals surface area contributed by atoms with Gasteiger partial charge in [-0.2, -0.15) is 0 Å². The normalized spacial score (nSPS) is 14.8. The van der Waals surface area contributed by atoms with Gasteiger partial charge in [0, 0.05) is 13.2 Å². The van der Waals surface area contributed by atoms with Gasteiger partial charge < -0.3 is 10.2 Å². The minimum atomic E-state index is 0.234. The maximum absolute atomic E-state index is 8.74. The zero-order valence-corrected chi connectivity index (χ0v) is 8.08. The van der Waals surface area contributed by atoms with E-state index in [-0.39, 0.29) is 13.2 Å². The lowest BCUT2D eigenvalue weighted by Crippen LogP contribution is -1.99. The first-order chi connectivity index (χ1) is 5.70. The summed E-state index contributed by atoms with van der Waals surface area (Å²) < 4.78 is 0. The van der Waals surface area contributed by atoms with E-state index in [0.717, 1.165) is 19.3 Å². The van der Waals surface area contributed by atoms with Crippen LogP contribution in [0.15, 0.2) is 11.6 Å². The van der Waals surface area contributed by atoms with Crippen LogP contribution in [0.4, 0.5) is 0 Å². The molecule has 0 rings (SSSR count). The topological polar surface area (TPSA) is 40.5 Å². The largest absolute Gasteiger partial charge is 0.396 e. The summed E-state index contributed by atoms with van der Waals surface area (Å²) in [7, 11) is 0. The van der Waals surface area contributed by atoms with Gasteiger partial charge in [0.25, 0.3) is 0 Å². The van der Waals surface area contributed by atoms with E-state index < -0.39 is 0 Å². The molecule has 1 unspecified atom stereocenters. The molecule has 0 bridgehead atoms. The molecule has 0 aromatic heterocycles. The Bertz CT molecular complexity index is 130. The molecule has 0 aromatic rings.